The Kier molecular flexibility index (Phi) is 5.76. The molecule has 0 aliphatic heterocycles. The molecule has 0 aliphatic rings. The number of aliphatic hydroxyl groups excluding tert-OH is 1. The largest absolute Gasteiger partial charge is 0.497 e. The molecular formula is C20H22N2O4. The van der Waals surface area contributed by atoms with Gasteiger partial charge in [-0.05, 0) is 35.4 Å². The van der Waals surface area contributed by atoms with Crippen LogP contribution in [0.15, 0.2) is 59.2 Å². The van der Waals surface area contributed by atoms with Crippen LogP contribution in [0.2, 0.25) is 0 Å². The van der Waals surface area contributed by atoms with Gasteiger partial charge in [-0.2, -0.15) is 4.98 Å². The molecule has 0 saturated heterocycles. The summed E-state index contributed by atoms with van der Waals surface area (Å²) in [7, 11) is 3.29. The maximum Gasteiger partial charge on any atom is 0.298 e. The van der Waals surface area contributed by atoms with E-state index >= 15 is 0 Å². The molecule has 0 radical (unpaired) electrons. The van der Waals surface area contributed by atoms with E-state index in [9.17, 15) is 5.11 Å². The fourth-order valence-electron chi connectivity index (χ4n) is 2.61. The number of benzene rings is 2. The summed E-state index contributed by atoms with van der Waals surface area (Å²) in [5.41, 5.74) is 2.71. The van der Waals surface area contributed by atoms with Crippen molar-refractivity contribution in [2.45, 2.75) is 19.7 Å². The van der Waals surface area contributed by atoms with Gasteiger partial charge in [-0.25, -0.2) is 0 Å². The summed E-state index contributed by atoms with van der Waals surface area (Å²) in [6.45, 7) is 1.07. The summed E-state index contributed by atoms with van der Waals surface area (Å²) >= 11 is 0. The van der Waals surface area contributed by atoms with Crippen LogP contribution in [0.5, 0.6) is 11.5 Å². The molecule has 0 spiro atoms. The van der Waals surface area contributed by atoms with Crippen molar-refractivity contribution in [2.24, 2.45) is 0 Å². The molecule has 0 atom stereocenters. The first-order valence-electron chi connectivity index (χ1n) is 8.28. The van der Waals surface area contributed by atoms with E-state index in [1.807, 2.05) is 53.4 Å². The Morgan fingerprint density at radius 1 is 0.885 bits per heavy atom. The molecule has 0 saturated carbocycles. The highest BCUT2D eigenvalue weighted by Gasteiger charge is 2.15. The number of ether oxygens (including phenoxy) is 2. The minimum atomic E-state index is -0.150. The lowest BCUT2D eigenvalue weighted by Crippen LogP contribution is -2.22. The molecule has 1 heterocycles. The predicted octanol–water partition coefficient (Wildman–Crippen LogP) is 3.39. The Morgan fingerprint density at radius 3 is 1.77 bits per heavy atom. The number of methoxy groups -OCH3 is 2. The van der Waals surface area contributed by atoms with Crippen molar-refractivity contribution in [3.8, 4) is 11.5 Å². The molecule has 26 heavy (non-hydrogen) atoms. The lowest BCUT2D eigenvalue weighted by Gasteiger charge is -2.21. The maximum atomic E-state index is 9.26. The maximum absolute atomic E-state index is 9.26. The van der Waals surface area contributed by atoms with Gasteiger partial charge in [0, 0.05) is 13.1 Å². The van der Waals surface area contributed by atoms with Gasteiger partial charge in [0.2, 0.25) is 0 Å². The molecule has 0 unspecified atom stereocenters. The summed E-state index contributed by atoms with van der Waals surface area (Å²) in [4.78, 5) is 6.37. The lowest BCUT2D eigenvalue weighted by atomic mass is 10.1. The summed E-state index contributed by atoms with van der Waals surface area (Å²) < 4.78 is 16.0. The van der Waals surface area contributed by atoms with Crippen LogP contribution in [0.3, 0.4) is 0 Å². The van der Waals surface area contributed by atoms with Gasteiger partial charge in [0.05, 0.1) is 20.8 Å². The van der Waals surface area contributed by atoms with Crippen molar-refractivity contribution >= 4 is 6.01 Å². The molecule has 1 aromatic heterocycles. The second-order valence-corrected chi connectivity index (χ2v) is 5.83. The summed E-state index contributed by atoms with van der Waals surface area (Å²) in [5.74, 6) is 1.63. The zero-order chi connectivity index (χ0) is 18.4. The number of oxazole rings is 1. The van der Waals surface area contributed by atoms with Crippen molar-refractivity contribution in [1.82, 2.24) is 4.98 Å². The van der Waals surface area contributed by atoms with Gasteiger partial charge in [-0.1, -0.05) is 24.3 Å². The molecule has 0 fully saturated rings. The molecule has 3 rings (SSSR count). The lowest BCUT2D eigenvalue weighted by molar-refractivity contribution is 0.276. The van der Waals surface area contributed by atoms with E-state index in [1.165, 1.54) is 6.26 Å². The molecular weight excluding hydrogens is 332 g/mol. The number of aromatic nitrogens is 1. The zero-order valence-corrected chi connectivity index (χ0v) is 14.9. The topological polar surface area (TPSA) is 68.0 Å². The molecule has 6 heteroatoms. The van der Waals surface area contributed by atoms with Crippen molar-refractivity contribution in [3.63, 3.8) is 0 Å². The number of anilines is 1. The highest BCUT2D eigenvalue weighted by atomic mass is 16.5. The Bertz CT molecular complexity index is 763. The Balaban J connectivity index is 1.82. The fourth-order valence-corrected chi connectivity index (χ4v) is 2.61. The molecule has 3 aromatic rings. The molecule has 1 N–H and O–H groups in total. The average molecular weight is 354 g/mol. The van der Waals surface area contributed by atoms with Crippen molar-refractivity contribution < 1.29 is 19.0 Å². The van der Waals surface area contributed by atoms with E-state index in [2.05, 4.69) is 4.98 Å². The number of hydrogen-bond donors (Lipinski definition) is 1. The van der Waals surface area contributed by atoms with Crippen LogP contribution in [-0.2, 0) is 19.7 Å². The Labute approximate surface area is 152 Å². The van der Waals surface area contributed by atoms with Gasteiger partial charge >= 0.3 is 0 Å². The Hall–Kier alpha value is -2.99. The summed E-state index contributed by atoms with van der Waals surface area (Å²) in [5, 5.41) is 9.26. The van der Waals surface area contributed by atoms with Crippen LogP contribution < -0.4 is 14.4 Å². The number of hydrogen-bond acceptors (Lipinski definition) is 6. The third-order valence-electron chi connectivity index (χ3n) is 4.04. The molecule has 136 valence electrons. The SMILES string of the molecule is COc1ccc(CN(Cc2ccc(OC)cc2)c2nc(CO)co2)cc1. The van der Waals surface area contributed by atoms with Gasteiger partial charge in [-0.3, -0.25) is 0 Å². The normalized spacial score (nSPS) is 10.6. The average Bonchev–Trinajstić information content (AvgIpc) is 3.18. The first kappa shape index (κ1) is 17.8. The van der Waals surface area contributed by atoms with Gasteiger partial charge in [0.25, 0.3) is 6.01 Å². The van der Waals surface area contributed by atoms with E-state index in [4.69, 9.17) is 13.9 Å². The second-order valence-electron chi connectivity index (χ2n) is 5.83. The van der Waals surface area contributed by atoms with Gasteiger partial charge in [0.1, 0.15) is 23.5 Å². The fraction of sp³-hybridized carbons (Fsp3) is 0.250. The second kappa shape index (κ2) is 8.40. The standard InChI is InChI=1S/C20H22N2O4/c1-24-18-7-3-15(4-8-18)11-22(20-21-17(13-23)14-26-20)12-16-5-9-19(25-2)10-6-16/h3-10,14,23H,11-13H2,1-2H3. The van der Waals surface area contributed by atoms with Crippen LogP contribution in [0.25, 0.3) is 0 Å². The Morgan fingerprint density at radius 2 is 1.38 bits per heavy atom. The van der Waals surface area contributed by atoms with E-state index < -0.39 is 0 Å². The van der Waals surface area contributed by atoms with Crippen LogP contribution in [-0.4, -0.2) is 24.3 Å². The van der Waals surface area contributed by atoms with E-state index in [-0.39, 0.29) is 6.61 Å². The quantitative estimate of drug-likeness (QED) is 0.669. The van der Waals surface area contributed by atoms with Crippen LogP contribution >= 0.6 is 0 Å². The minimum Gasteiger partial charge on any atom is -0.497 e. The van der Waals surface area contributed by atoms with Gasteiger partial charge in [0.15, 0.2) is 0 Å². The summed E-state index contributed by atoms with van der Waals surface area (Å²) in [6, 6.07) is 16.2. The van der Waals surface area contributed by atoms with Crippen LogP contribution in [0.1, 0.15) is 16.8 Å². The number of nitrogens with zero attached hydrogens (tertiary/aromatic N) is 2. The highest BCUT2D eigenvalue weighted by Crippen LogP contribution is 2.22. The van der Waals surface area contributed by atoms with E-state index in [1.54, 1.807) is 14.2 Å². The zero-order valence-electron chi connectivity index (χ0n) is 14.9. The molecule has 0 aliphatic carbocycles. The van der Waals surface area contributed by atoms with Crippen LogP contribution in [0.4, 0.5) is 6.01 Å². The molecule has 2 aromatic carbocycles. The first-order valence-corrected chi connectivity index (χ1v) is 8.28. The highest BCUT2D eigenvalue weighted by molar-refractivity contribution is 5.36. The van der Waals surface area contributed by atoms with Gasteiger partial charge < -0.3 is 23.9 Å². The minimum absolute atomic E-state index is 0.150. The monoisotopic (exact) mass is 354 g/mol. The van der Waals surface area contributed by atoms with Crippen molar-refractivity contribution in [3.05, 3.63) is 71.6 Å². The third-order valence-corrected chi connectivity index (χ3v) is 4.04. The smallest absolute Gasteiger partial charge is 0.298 e. The third kappa shape index (κ3) is 4.34. The van der Waals surface area contributed by atoms with Crippen LogP contribution in [0, 0.1) is 0 Å². The molecule has 0 bridgehead atoms. The molecule has 6 nitrogen and oxygen atoms in total. The molecule has 0 amide bonds. The van der Waals surface area contributed by atoms with Gasteiger partial charge in [-0.15, -0.1) is 0 Å². The van der Waals surface area contributed by atoms with E-state index in [0.29, 0.717) is 24.8 Å². The van der Waals surface area contributed by atoms with E-state index in [0.717, 1.165) is 22.6 Å². The van der Waals surface area contributed by atoms with Crippen molar-refractivity contribution in [1.29, 1.82) is 0 Å². The number of aliphatic hydroxyl groups is 1. The summed E-state index contributed by atoms with van der Waals surface area (Å²) in [6.07, 6.45) is 1.48. The predicted molar refractivity (Wildman–Crippen MR) is 98.3 cm³/mol. The first-order chi connectivity index (χ1) is 12.7. The van der Waals surface area contributed by atoms with Crippen molar-refractivity contribution in [2.75, 3.05) is 19.1 Å². The number of rotatable bonds is 8.